The molecule has 0 amide bonds. The Morgan fingerprint density at radius 1 is 0.977 bits per heavy atom. The van der Waals surface area contributed by atoms with Crippen molar-refractivity contribution in [1.29, 1.82) is 0 Å². The largest absolute Gasteiger partial charge is 0.395 e. The number of para-hydroxylation sites is 1. The van der Waals surface area contributed by atoms with Gasteiger partial charge in [-0.05, 0) is 49.2 Å². The molecule has 13 heteroatoms. The van der Waals surface area contributed by atoms with Crippen molar-refractivity contribution < 1.29 is 18.5 Å². The van der Waals surface area contributed by atoms with Gasteiger partial charge in [0.2, 0.25) is 14.3 Å². The lowest BCUT2D eigenvalue weighted by atomic mass is 10.0. The molecule has 2 aromatic carbocycles. The number of hydrogen-bond acceptors (Lipinski definition) is 10. The topological polar surface area (TPSA) is 114 Å². The Balaban J connectivity index is 1.13. The molecule has 2 fully saturated rings. The van der Waals surface area contributed by atoms with Crippen molar-refractivity contribution in [3.05, 3.63) is 60.5 Å². The molecule has 234 valence electrons. The number of piperidine rings is 1. The highest BCUT2D eigenvalue weighted by molar-refractivity contribution is 7.56. The molecule has 0 atom stereocenters. The van der Waals surface area contributed by atoms with E-state index in [-0.39, 0.29) is 12.4 Å². The summed E-state index contributed by atoms with van der Waals surface area (Å²) >= 11 is 0. The van der Waals surface area contributed by atoms with Gasteiger partial charge < -0.3 is 34.7 Å². The van der Waals surface area contributed by atoms with Crippen LogP contribution >= 0.6 is 8.38 Å². The summed E-state index contributed by atoms with van der Waals surface area (Å²) in [5.41, 5.74) is 2.66. The average Bonchev–Trinajstić information content (AvgIpc) is 3.52. The number of benzene rings is 2. The Morgan fingerprint density at radius 3 is 2.48 bits per heavy atom. The van der Waals surface area contributed by atoms with Crippen LogP contribution < -0.4 is 20.8 Å². The second-order valence-electron chi connectivity index (χ2n) is 11.0. The molecular formula is C31H40FN8O3P. The summed E-state index contributed by atoms with van der Waals surface area (Å²) in [4.78, 5) is 19.5. The van der Waals surface area contributed by atoms with Gasteiger partial charge in [0.25, 0.3) is 0 Å². The first-order valence-corrected chi connectivity index (χ1v) is 16.2. The molecule has 2 aliphatic heterocycles. The number of aromatic amines is 1. The van der Waals surface area contributed by atoms with Crippen LogP contribution in [0.4, 0.5) is 33.2 Å². The molecule has 0 radical (unpaired) electrons. The van der Waals surface area contributed by atoms with Crippen LogP contribution in [0, 0.1) is 5.82 Å². The number of hydrogen-bond donors (Lipinski definition) is 4. The van der Waals surface area contributed by atoms with Gasteiger partial charge in [-0.3, -0.25) is 9.80 Å². The number of β-amino-alcohol motifs (C(OH)–C–C–N with tert-alkyl or cyclic N) is 1. The quantitative estimate of drug-likeness (QED) is 0.180. The summed E-state index contributed by atoms with van der Waals surface area (Å²) in [5, 5.41) is 17.5. The second kappa shape index (κ2) is 14.2. The van der Waals surface area contributed by atoms with Gasteiger partial charge in [0, 0.05) is 78.0 Å². The molecule has 2 aromatic heterocycles. The second-order valence-corrected chi connectivity index (χ2v) is 12.7. The maximum atomic E-state index is 15.5. The first kappa shape index (κ1) is 30.6. The molecule has 11 nitrogen and oxygen atoms in total. The van der Waals surface area contributed by atoms with Crippen molar-refractivity contribution in [2.24, 2.45) is 0 Å². The minimum Gasteiger partial charge on any atom is -0.395 e. The molecule has 0 spiro atoms. The highest BCUT2D eigenvalue weighted by atomic mass is 31.2. The van der Waals surface area contributed by atoms with E-state index >= 15 is 4.39 Å². The van der Waals surface area contributed by atoms with Crippen molar-refractivity contribution in [3.63, 3.8) is 0 Å². The van der Waals surface area contributed by atoms with Crippen LogP contribution in [-0.4, -0.2) is 103 Å². The summed E-state index contributed by atoms with van der Waals surface area (Å²) in [6.07, 6.45) is 3.84. The number of nitrogens with zero attached hydrogens (tertiary/aromatic N) is 5. The van der Waals surface area contributed by atoms with E-state index in [1.54, 1.807) is 14.2 Å². The zero-order valence-electron chi connectivity index (χ0n) is 25.2. The minimum absolute atomic E-state index is 0.214. The summed E-state index contributed by atoms with van der Waals surface area (Å²) in [5.74, 6) is 0.669. The van der Waals surface area contributed by atoms with Crippen LogP contribution in [0.1, 0.15) is 12.8 Å². The Kier molecular flexibility index (Phi) is 9.85. The van der Waals surface area contributed by atoms with E-state index in [1.807, 2.05) is 48.7 Å². The fourth-order valence-corrected chi connectivity index (χ4v) is 7.24. The number of nitrogens with one attached hydrogen (secondary N) is 3. The molecule has 0 unspecified atom stereocenters. The molecule has 44 heavy (non-hydrogen) atoms. The van der Waals surface area contributed by atoms with Gasteiger partial charge in [-0.15, -0.1) is 0 Å². The lowest BCUT2D eigenvalue weighted by molar-refractivity contribution is 0.0746. The van der Waals surface area contributed by atoms with Gasteiger partial charge in [-0.25, -0.2) is 4.39 Å². The fraction of sp³-hybridized carbons (Fsp3) is 0.419. The predicted octanol–water partition coefficient (Wildman–Crippen LogP) is 4.39. The highest BCUT2D eigenvalue weighted by Gasteiger charge is 2.28. The monoisotopic (exact) mass is 622 g/mol. The number of rotatable bonds is 11. The van der Waals surface area contributed by atoms with Gasteiger partial charge in [0.15, 0.2) is 0 Å². The Morgan fingerprint density at radius 2 is 1.75 bits per heavy atom. The molecular weight excluding hydrogens is 582 g/mol. The summed E-state index contributed by atoms with van der Waals surface area (Å²) in [6, 6.07) is 15.5. The average molecular weight is 623 g/mol. The maximum Gasteiger partial charge on any atom is 0.231 e. The number of piperazine rings is 1. The van der Waals surface area contributed by atoms with Crippen molar-refractivity contribution in [2.45, 2.75) is 18.9 Å². The van der Waals surface area contributed by atoms with E-state index in [9.17, 15) is 5.11 Å². The normalized spacial score (nSPS) is 17.1. The number of H-pyrrole nitrogens is 1. The minimum atomic E-state index is -1.26. The smallest absolute Gasteiger partial charge is 0.231 e. The molecule has 6 rings (SSSR count). The van der Waals surface area contributed by atoms with E-state index in [2.05, 4.69) is 35.3 Å². The molecule has 2 aliphatic rings. The number of fused-ring (bicyclic) bond motifs is 1. The molecule has 0 bridgehead atoms. The standard InChI is InChI=1S/C31H40FN8O3P/c1-42-44(43-2)28-6-4-3-5-26(28)35-30-24-9-12-33-29(24)36-31(37-30)34-22-7-8-27(25(32)21-22)40-13-10-23(11-14-40)39-17-15-38(16-18-39)19-20-41/h3-9,12,21,23,41H,10-11,13-20H2,1-2H3,(H3,33,34,35,36,37). The van der Waals surface area contributed by atoms with Crippen molar-refractivity contribution in [3.8, 4) is 0 Å². The van der Waals surface area contributed by atoms with Crippen molar-refractivity contribution in [2.75, 3.05) is 82.2 Å². The van der Waals surface area contributed by atoms with Crippen LogP contribution in [-0.2, 0) is 9.05 Å². The highest BCUT2D eigenvalue weighted by Crippen LogP contribution is 2.38. The fourth-order valence-electron chi connectivity index (χ4n) is 6.17. The third kappa shape index (κ3) is 6.81. The number of aliphatic hydroxyl groups is 1. The first-order valence-electron chi connectivity index (χ1n) is 15.0. The van der Waals surface area contributed by atoms with Crippen LogP contribution in [0.3, 0.4) is 0 Å². The summed E-state index contributed by atoms with van der Waals surface area (Å²) in [7, 11) is 1.99. The Bertz CT molecular complexity index is 1540. The number of halogens is 1. The lowest BCUT2D eigenvalue weighted by Gasteiger charge is -2.43. The zero-order valence-corrected chi connectivity index (χ0v) is 26.1. The van der Waals surface area contributed by atoms with Gasteiger partial charge in [0.1, 0.15) is 17.3 Å². The third-order valence-corrected chi connectivity index (χ3v) is 9.90. The van der Waals surface area contributed by atoms with E-state index < -0.39 is 8.38 Å². The van der Waals surface area contributed by atoms with E-state index in [0.717, 1.165) is 75.0 Å². The summed E-state index contributed by atoms with van der Waals surface area (Å²) in [6.45, 7) is 6.66. The van der Waals surface area contributed by atoms with Crippen molar-refractivity contribution in [1.82, 2.24) is 24.8 Å². The molecule has 0 aliphatic carbocycles. The van der Waals surface area contributed by atoms with E-state index in [4.69, 9.17) is 14.0 Å². The van der Waals surface area contributed by atoms with Gasteiger partial charge in [0.05, 0.1) is 28.7 Å². The van der Waals surface area contributed by atoms with E-state index in [0.29, 0.717) is 34.8 Å². The zero-order chi connectivity index (χ0) is 30.5. The van der Waals surface area contributed by atoms with Gasteiger partial charge in [-0.1, -0.05) is 12.1 Å². The number of aromatic nitrogens is 3. The maximum absolute atomic E-state index is 15.5. The third-order valence-electron chi connectivity index (χ3n) is 8.45. The van der Waals surface area contributed by atoms with E-state index in [1.165, 1.54) is 6.07 Å². The summed E-state index contributed by atoms with van der Waals surface area (Å²) < 4.78 is 26.6. The number of aliphatic hydroxyl groups excluding tert-OH is 1. The van der Waals surface area contributed by atoms with Gasteiger partial charge >= 0.3 is 0 Å². The van der Waals surface area contributed by atoms with Crippen LogP contribution in [0.5, 0.6) is 0 Å². The number of anilines is 5. The first-order chi connectivity index (χ1) is 21.6. The molecule has 4 heterocycles. The molecule has 0 saturated carbocycles. The molecule has 4 N–H and O–H groups in total. The van der Waals surface area contributed by atoms with Crippen molar-refractivity contribution >= 4 is 53.5 Å². The van der Waals surface area contributed by atoms with Gasteiger partial charge in [-0.2, -0.15) is 9.97 Å². The Labute approximate surface area is 258 Å². The SMILES string of the molecule is COP(OC)c1ccccc1Nc1nc(Nc2ccc(N3CCC(N4CCN(CCO)CC4)CC3)c(F)c2)nc2[nH]ccc12. The lowest BCUT2D eigenvalue weighted by Crippen LogP contribution is -2.53. The molecule has 4 aromatic rings. The predicted molar refractivity (Wildman–Crippen MR) is 174 cm³/mol. The van der Waals surface area contributed by atoms with Crippen LogP contribution in [0.2, 0.25) is 0 Å². The molecule has 2 saturated heterocycles. The Hall–Kier alpha value is -3.38. The van der Waals surface area contributed by atoms with Crippen LogP contribution in [0.25, 0.3) is 11.0 Å². The van der Waals surface area contributed by atoms with Crippen LogP contribution in [0.15, 0.2) is 54.7 Å².